The van der Waals surface area contributed by atoms with E-state index in [1.807, 2.05) is 6.92 Å². The van der Waals surface area contributed by atoms with Gasteiger partial charge in [0.15, 0.2) is 0 Å². The second kappa shape index (κ2) is 7.22. The maximum atomic E-state index is 11.9. The minimum absolute atomic E-state index is 0.252. The van der Waals surface area contributed by atoms with Gasteiger partial charge >= 0.3 is 11.6 Å². The normalized spacial score (nSPS) is 10.8. The van der Waals surface area contributed by atoms with Crippen LogP contribution in [0.4, 0.5) is 0 Å². The number of aryl methyl sites for hydroxylation is 1. The Bertz CT molecular complexity index is 1030. The molecule has 0 unspecified atom stereocenters. The predicted octanol–water partition coefficient (Wildman–Crippen LogP) is 4.43. The Balaban J connectivity index is 1.85. The van der Waals surface area contributed by atoms with Gasteiger partial charge in [0.05, 0.1) is 17.7 Å². The largest absolute Gasteiger partial charge is 0.487 e. The average Bonchev–Trinajstić information content (AvgIpc) is 2.65. The van der Waals surface area contributed by atoms with Crippen LogP contribution in [0.1, 0.15) is 27.0 Å². The summed E-state index contributed by atoms with van der Waals surface area (Å²) in [5.74, 6) is 0.0262. The van der Waals surface area contributed by atoms with Gasteiger partial charge in [0.1, 0.15) is 17.9 Å². The minimum Gasteiger partial charge on any atom is -0.487 e. The number of methoxy groups -OCH3 is 1. The summed E-state index contributed by atoms with van der Waals surface area (Å²) in [5.41, 5.74) is 2.78. The number of rotatable bonds is 4. The topological polar surface area (TPSA) is 65.7 Å². The summed E-state index contributed by atoms with van der Waals surface area (Å²) in [6, 6.07) is 10.2. The van der Waals surface area contributed by atoms with Crippen LogP contribution in [-0.4, -0.2) is 13.1 Å². The lowest BCUT2D eigenvalue weighted by atomic mass is 10.1. The van der Waals surface area contributed by atoms with Gasteiger partial charge in [0, 0.05) is 17.0 Å². The number of esters is 1. The van der Waals surface area contributed by atoms with E-state index in [0.29, 0.717) is 27.5 Å². The summed E-state index contributed by atoms with van der Waals surface area (Å²) in [6.07, 6.45) is 0. The zero-order chi connectivity index (χ0) is 18.8. The standard InChI is InChI=1S/C20H17ClO5/c1-11-12(2)19(22)26-17-9-18(16(21)8-15(11)17)25-10-13-4-6-14(7-5-13)20(23)24-3/h4-9H,10H2,1-3H3. The molecule has 0 N–H and O–H groups in total. The predicted molar refractivity (Wildman–Crippen MR) is 99.1 cm³/mol. The Labute approximate surface area is 155 Å². The lowest BCUT2D eigenvalue weighted by molar-refractivity contribution is 0.0600. The molecule has 0 spiro atoms. The summed E-state index contributed by atoms with van der Waals surface area (Å²) in [6.45, 7) is 3.83. The molecule has 3 aromatic rings. The van der Waals surface area contributed by atoms with Crippen molar-refractivity contribution in [3.63, 3.8) is 0 Å². The van der Waals surface area contributed by atoms with E-state index in [9.17, 15) is 9.59 Å². The van der Waals surface area contributed by atoms with E-state index in [-0.39, 0.29) is 12.2 Å². The summed E-state index contributed by atoms with van der Waals surface area (Å²) >= 11 is 6.31. The third-order valence-electron chi connectivity index (χ3n) is 4.28. The summed E-state index contributed by atoms with van der Waals surface area (Å²) in [5, 5.41) is 1.21. The molecule has 0 amide bonds. The first-order chi connectivity index (χ1) is 12.4. The van der Waals surface area contributed by atoms with Gasteiger partial charge in [-0.25, -0.2) is 9.59 Å². The van der Waals surface area contributed by atoms with E-state index in [4.69, 9.17) is 20.8 Å². The smallest absolute Gasteiger partial charge is 0.339 e. The molecule has 1 aromatic heterocycles. The van der Waals surface area contributed by atoms with Crippen molar-refractivity contribution in [2.45, 2.75) is 20.5 Å². The van der Waals surface area contributed by atoms with E-state index in [1.165, 1.54) is 7.11 Å². The van der Waals surface area contributed by atoms with Crippen LogP contribution >= 0.6 is 11.6 Å². The lowest BCUT2D eigenvalue weighted by Crippen LogP contribution is -2.06. The zero-order valence-electron chi connectivity index (χ0n) is 14.6. The third kappa shape index (κ3) is 3.44. The van der Waals surface area contributed by atoms with E-state index >= 15 is 0 Å². The number of halogens is 1. The van der Waals surface area contributed by atoms with Crippen molar-refractivity contribution in [3.8, 4) is 5.75 Å². The van der Waals surface area contributed by atoms with Crippen molar-refractivity contribution in [1.29, 1.82) is 0 Å². The highest BCUT2D eigenvalue weighted by Crippen LogP contribution is 2.32. The molecule has 0 saturated carbocycles. The molecule has 0 atom stereocenters. The first-order valence-electron chi connectivity index (χ1n) is 7.94. The van der Waals surface area contributed by atoms with E-state index in [0.717, 1.165) is 16.5 Å². The van der Waals surface area contributed by atoms with Crippen molar-refractivity contribution in [3.05, 3.63) is 74.1 Å². The van der Waals surface area contributed by atoms with Crippen LogP contribution < -0.4 is 10.4 Å². The van der Waals surface area contributed by atoms with Crippen LogP contribution in [0.2, 0.25) is 5.02 Å². The Kier molecular flexibility index (Phi) is 5.00. The second-order valence-electron chi connectivity index (χ2n) is 5.90. The van der Waals surface area contributed by atoms with Gasteiger partial charge < -0.3 is 13.9 Å². The molecular formula is C20H17ClO5. The fraction of sp³-hybridized carbons (Fsp3) is 0.200. The molecule has 5 nitrogen and oxygen atoms in total. The average molecular weight is 373 g/mol. The van der Waals surface area contributed by atoms with Crippen molar-refractivity contribution in [2.24, 2.45) is 0 Å². The highest BCUT2D eigenvalue weighted by molar-refractivity contribution is 6.32. The number of ether oxygens (including phenoxy) is 2. The Morgan fingerprint density at radius 3 is 2.46 bits per heavy atom. The molecular weight excluding hydrogens is 356 g/mol. The highest BCUT2D eigenvalue weighted by atomic mass is 35.5. The molecule has 0 aliphatic carbocycles. The number of hydrogen-bond donors (Lipinski definition) is 0. The number of benzene rings is 2. The number of hydrogen-bond acceptors (Lipinski definition) is 5. The number of carbonyl (C=O) groups excluding carboxylic acids is 1. The van der Waals surface area contributed by atoms with Gasteiger partial charge in [-0.2, -0.15) is 0 Å². The first-order valence-corrected chi connectivity index (χ1v) is 8.32. The van der Waals surface area contributed by atoms with Gasteiger partial charge in [-0.05, 0) is 43.2 Å². The van der Waals surface area contributed by atoms with Gasteiger partial charge in [-0.1, -0.05) is 23.7 Å². The lowest BCUT2D eigenvalue weighted by Gasteiger charge is -2.11. The summed E-state index contributed by atoms with van der Waals surface area (Å²) < 4.78 is 15.8. The fourth-order valence-corrected chi connectivity index (χ4v) is 2.79. The van der Waals surface area contributed by atoms with Crippen LogP contribution in [0.5, 0.6) is 5.75 Å². The molecule has 0 saturated heterocycles. The molecule has 0 bridgehead atoms. The highest BCUT2D eigenvalue weighted by Gasteiger charge is 2.12. The Hall–Kier alpha value is -2.79. The maximum absolute atomic E-state index is 11.9. The van der Waals surface area contributed by atoms with Crippen molar-refractivity contribution < 1.29 is 18.7 Å². The molecule has 1 heterocycles. The summed E-state index contributed by atoms with van der Waals surface area (Å²) in [7, 11) is 1.34. The van der Waals surface area contributed by atoms with Gasteiger partial charge in [0.25, 0.3) is 0 Å². The fourth-order valence-electron chi connectivity index (χ4n) is 2.57. The monoisotopic (exact) mass is 372 g/mol. The minimum atomic E-state index is -0.393. The molecule has 134 valence electrons. The first kappa shape index (κ1) is 18.0. The zero-order valence-corrected chi connectivity index (χ0v) is 15.3. The Morgan fingerprint density at radius 2 is 1.81 bits per heavy atom. The number of carbonyl (C=O) groups is 1. The van der Waals surface area contributed by atoms with Crippen LogP contribution in [0.25, 0.3) is 11.0 Å². The molecule has 26 heavy (non-hydrogen) atoms. The molecule has 0 radical (unpaired) electrons. The molecule has 6 heteroatoms. The second-order valence-corrected chi connectivity index (χ2v) is 6.30. The van der Waals surface area contributed by atoms with Gasteiger partial charge in [-0.15, -0.1) is 0 Å². The van der Waals surface area contributed by atoms with Crippen molar-refractivity contribution >= 4 is 28.5 Å². The van der Waals surface area contributed by atoms with E-state index < -0.39 is 5.97 Å². The van der Waals surface area contributed by atoms with Crippen LogP contribution in [-0.2, 0) is 11.3 Å². The van der Waals surface area contributed by atoms with Crippen LogP contribution in [0, 0.1) is 13.8 Å². The molecule has 0 fully saturated rings. The Morgan fingerprint density at radius 1 is 1.12 bits per heavy atom. The molecule has 3 rings (SSSR count). The van der Waals surface area contributed by atoms with E-state index in [2.05, 4.69) is 4.74 Å². The van der Waals surface area contributed by atoms with Crippen molar-refractivity contribution in [2.75, 3.05) is 7.11 Å². The molecule has 2 aromatic carbocycles. The molecule has 0 aliphatic rings. The SMILES string of the molecule is COC(=O)c1ccc(COc2cc3oc(=O)c(C)c(C)c3cc2Cl)cc1. The third-order valence-corrected chi connectivity index (χ3v) is 4.57. The van der Waals surface area contributed by atoms with Crippen LogP contribution in [0.15, 0.2) is 45.6 Å². The van der Waals surface area contributed by atoms with Gasteiger partial charge in [0.2, 0.25) is 0 Å². The van der Waals surface area contributed by atoms with Gasteiger partial charge in [-0.3, -0.25) is 0 Å². The van der Waals surface area contributed by atoms with Crippen LogP contribution in [0.3, 0.4) is 0 Å². The van der Waals surface area contributed by atoms with E-state index in [1.54, 1.807) is 43.3 Å². The van der Waals surface area contributed by atoms with Crippen molar-refractivity contribution in [1.82, 2.24) is 0 Å². The number of fused-ring (bicyclic) bond motifs is 1. The maximum Gasteiger partial charge on any atom is 0.339 e. The summed E-state index contributed by atoms with van der Waals surface area (Å²) in [4.78, 5) is 23.3. The molecule has 0 aliphatic heterocycles. The quantitative estimate of drug-likeness (QED) is 0.500.